The average molecular weight is 281 g/mol. The molecular weight excluding hydrogens is 266 g/mol. The third-order valence-corrected chi connectivity index (χ3v) is 4.18. The van der Waals surface area contributed by atoms with E-state index in [4.69, 9.17) is 5.73 Å². The van der Waals surface area contributed by atoms with Crippen molar-refractivity contribution >= 4 is 33.7 Å². The lowest BCUT2D eigenvalue weighted by Gasteiger charge is -2.13. The Morgan fingerprint density at radius 3 is 2.83 bits per heavy atom. The smallest absolute Gasteiger partial charge is 0.243 e. The predicted molar refractivity (Wildman–Crippen MR) is 76.9 cm³/mol. The van der Waals surface area contributed by atoms with Gasteiger partial charge in [0.2, 0.25) is 5.91 Å². The van der Waals surface area contributed by atoms with E-state index in [1.807, 2.05) is 36.7 Å². The largest absolute Gasteiger partial charge is 0.320 e. The third-order valence-electron chi connectivity index (χ3n) is 2.53. The standard InChI is InChI=1S/C12H15N3OS2/c1-7(2)10(13)11(16)15-12-14-8(6-18-12)9-4-3-5-17-9/h3-7,10H,13H2,1-2H3,(H,14,15,16)/t10-/m0/s1. The molecule has 1 atom stereocenters. The highest BCUT2D eigenvalue weighted by molar-refractivity contribution is 7.16. The van der Waals surface area contributed by atoms with E-state index in [0.29, 0.717) is 5.13 Å². The minimum absolute atomic E-state index is 0.113. The van der Waals surface area contributed by atoms with Gasteiger partial charge in [-0.15, -0.1) is 22.7 Å². The Kier molecular flexibility index (Phi) is 4.11. The number of nitrogens with zero attached hydrogens (tertiary/aromatic N) is 1. The summed E-state index contributed by atoms with van der Waals surface area (Å²) in [5.41, 5.74) is 6.67. The molecule has 0 aromatic carbocycles. The SMILES string of the molecule is CC(C)[C@H](N)C(=O)Nc1nc(-c2cccs2)cs1. The van der Waals surface area contributed by atoms with Crippen LogP contribution < -0.4 is 11.1 Å². The Bertz CT molecular complexity index is 519. The summed E-state index contributed by atoms with van der Waals surface area (Å²) in [6.45, 7) is 3.84. The Morgan fingerprint density at radius 2 is 2.22 bits per heavy atom. The molecule has 18 heavy (non-hydrogen) atoms. The van der Waals surface area contributed by atoms with E-state index in [1.54, 1.807) is 11.3 Å². The summed E-state index contributed by atoms with van der Waals surface area (Å²) in [5, 5.41) is 7.28. The molecule has 0 aliphatic rings. The summed E-state index contributed by atoms with van der Waals surface area (Å²) in [6.07, 6.45) is 0. The Hall–Kier alpha value is -1.24. The highest BCUT2D eigenvalue weighted by Gasteiger charge is 2.18. The van der Waals surface area contributed by atoms with Crippen molar-refractivity contribution in [3.05, 3.63) is 22.9 Å². The maximum Gasteiger partial charge on any atom is 0.243 e. The van der Waals surface area contributed by atoms with Crippen molar-refractivity contribution in [3.8, 4) is 10.6 Å². The molecule has 2 aromatic rings. The molecule has 0 saturated carbocycles. The summed E-state index contributed by atoms with van der Waals surface area (Å²) >= 11 is 3.04. The van der Waals surface area contributed by atoms with E-state index in [2.05, 4.69) is 10.3 Å². The molecule has 0 spiro atoms. The Balaban J connectivity index is 2.05. The molecule has 4 nitrogen and oxygen atoms in total. The van der Waals surface area contributed by atoms with E-state index in [0.717, 1.165) is 10.6 Å². The monoisotopic (exact) mass is 281 g/mol. The average Bonchev–Trinajstić information content (AvgIpc) is 2.96. The quantitative estimate of drug-likeness (QED) is 0.905. The zero-order valence-corrected chi connectivity index (χ0v) is 11.8. The summed E-state index contributed by atoms with van der Waals surface area (Å²) in [5.74, 6) is -0.0705. The van der Waals surface area contributed by atoms with Gasteiger partial charge in [-0.1, -0.05) is 19.9 Å². The van der Waals surface area contributed by atoms with Crippen LogP contribution in [0.4, 0.5) is 5.13 Å². The van der Waals surface area contributed by atoms with E-state index < -0.39 is 6.04 Å². The molecule has 3 N–H and O–H groups in total. The van der Waals surface area contributed by atoms with Crippen LogP contribution in [0.3, 0.4) is 0 Å². The third kappa shape index (κ3) is 2.95. The molecule has 0 bridgehead atoms. The summed E-state index contributed by atoms with van der Waals surface area (Å²) in [7, 11) is 0. The zero-order valence-electron chi connectivity index (χ0n) is 10.2. The lowest BCUT2D eigenvalue weighted by atomic mass is 10.1. The van der Waals surface area contributed by atoms with Crippen molar-refractivity contribution in [2.24, 2.45) is 11.7 Å². The molecule has 2 heterocycles. The summed E-state index contributed by atoms with van der Waals surface area (Å²) in [6, 6.07) is 3.48. The second-order valence-corrected chi connectivity index (χ2v) is 6.08. The molecule has 0 aliphatic heterocycles. The van der Waals surface area contributed by atoms with Crippen molar-refractivity contribution < 1.29 is 4.79 Å². The number of carbonyl (C=O) groups is 1. The lowest BCUT2D eigenvalue weighted by molar-refractivity contribution is -0.118. The van der Waals surface area contributed by atoms with Crippen LogP contribution in [0, 0.1) is 5.92 Å². The van der Waals surface area contributed by atoms with Crippen molar-refractivity contribution in [1.82, 2.24) is 4.98 Å². The minimum atomic E-state index is -0.501. The van der Waals surface area contributed by atoms with Gasteiger partial charge in [0.05, 0.1) is 16.6 Å². The van der Waals surface area contributed by atoms with E-state index in [9.17, 15) is 4.79 Å². The normalized spacial score (nSPS) is 12.7. The molecule has 2 aromatic heterocycles. The van der Waals surface area contributed by atoms with Crippen LogP contribution in [0.2, 0.25) is 0 Å². The predicted octanol–water partition coefficient (Wildman–Crippen LogP) is 2.79. The number of nitrogens with two attached hydrogens (primary N) is 1. The van der Waals surface area contributed by atoms with Crippen LogP contribution in [0.15, 0.2) is 22.9 Å². The maximum absolute atomic E-state index is 11.8. The van der Waals surface area contributed by atoms with Gasteiger partial charge in [-0.3, -0.25) is 4.79 Å². The first-order valence-electron chi connectivity index (χ1n) is 5.64. The van der Waals surface area contributed by atoms with Gasteiger partial charge in [0.25, 0.3) is 0 Å². The van der Waals surface area contributed by atoms with Crippen LogP contribution in [0.5, 0.6) is 0 Å². The lowest BCUT2D eigenvalue weighted by Crippen LogP contribution is -2.39. The van der Waals surface area contributed by atoms with Gasteiger partial charge in [0.1, 0.15) is 0 Å². The zero-order chi connectivity index (χ0) is 13.1. The molecule has 0 aliphatic carbocycles. The molecule has 1 amide bonds. The van der Waals surface area contributed by atoms with Crippen LogP contribution in [0.1, 0.15) is 13.8 Å². The number of amides is 1. The van der Waals surface area contributed by atoms with Gasteiger partial charge in [-0.05, 0) is 17.4 Å². The fraction of sp³-hybridized carbons (Fsp3) is 0.333. The van der Waals surface area contributed by atoms with Crippen LogP contribution in [-0.4, -0.2) is 16.9 Å². The Labute approximate surface area is 114 Å². The van der Waals surface area contributed by atoms with Gasteiger partial charge in [0.15, 0.2) is 5.13 Å². The number of rotatable bonds is 4. The number of aromatic nitrogens is 1. The molecule has 0 unspecified atom stereocenters. The number of anilines is 1. The molecule has 6 heteroatoms. The topological polar surface area (TPSA) is 68.0 Å². The number of hydrogen-bond donors (Lipinski definition) is 2. The van der Waals surface area contributed by atoms with Gasteiger partial charge in [0, 0.05) is 5.38 Å². The maximum atomic E-state index is 11.8. The molecular formula is C12H15N3OS2. The summed E-state index contributed by atoms with van der Waals surface area (Å²) in [4.78, 5) is 17.3. The summed E-state index contributed by atoms with van der Waals surface area (Å²) < 4.78 is 0. The number of thiophene rings is 1. The van der Waals surface area contributed by atoms with Crippen LogP contribution in [0.25, 0.3) is 10.6 Å². The van der Waals surface area contributed by atoms with Crippen molar-refractivity contribution in [2.75, 3.05) is 5.32 Å². The first kappa shape index (κ1) is 13.2. The van der Waals surface area contributed by atoms with Crippen LogP contribution >= 0.6 is 22.7 Å². The fourth-order valence-corrected chi connectivity index (χ4v) is 2.83. The van der Waals surface area contributed by atoms with E-state index in [-0.39, 0.29) is 11.8 Å². The second-order valence-electron chi connectivity index (χ2n) is 4.27. The number of hydrogen-bond acceptors (Lipinski definition) is 5. The molecule has 0 radical (unpaired) electrons. The first-order chi connectivity index (χ1) is 8.58. The number of nitrogens with one attached hydrogen (secondary N) is 1. The van der Waals surface area contributed by atoms with Gasteiger partial charge < -0.3 is 11.1 Å². The highest BCUT2D eigenvalue weighted by Crippen LogP contribution is 2.28. The van der Waals surface area contributed by atoms with Crippen molar-refractivity contribution in [3.63, 3.8) is 0 Å². The van der Waals surface area contributed by atoms with Crippen molar-refractivity contribution in [2.45, 2.75) is 19.9 Å². The van der Waals surface area contributed by atoms with E-state index in [1.165, 1.54) is 11.3 Å². The minimum Gasteiger partial charge on any atom is -0.320 e. The van der Waals surface area contributed by atoms with Gasteiger partial charge in [-0.25, -0.2) is 4.98 Å². The first-order valence-corrected chi connectivity index (χ1v) is 7.39. The molecule has 2 rings (SSSR count). The van der Waals surface area contributed by atoms with Gasteiger partial charge >= 0.3 is 0 Å². The molecule has 0 fully saturated rings. The fourth-order valence-electron chi connectivity index (χ4n) is 1.36. The number of carbonyl (C=O) groups excluding carboxylic acids is 1. The van der Waals surface area contributed by atoms with E-state index >= 15 is 0 Å². The second kappa shape index (κ2) is 5.60. The number of thiazole rings is 1. The van der Waals surface area contributed by atoms with Crippen LogP contribution in [-0.2, 0) is 4.79 Å². The highest BCUT2D eigenvalue weighted by atomic mass is 32.1. The van der Waals surface area contributed by atoms with Gasteiger partial charge in [-0.2, -0.15) is 0 Å². The van der Waals surface area contributed by atoms with Crippen molar-refractivity contribution in [1.29, 1.82) is 0 Å². The molecule has 0 saturated heterocycles. The Morgan fingerprint density at radius 1 is 1.44 bits per heavy atom. The molecule has 96 valence electrons.